The van der Waals surface area contributed by atoms with Crippen LogP contribution in [-0.2, 0) is 10.2 Å². The molecule has 1 aliphatic heterocycles. The van der Waals surface area contributed by atoms with E-state index in [1.807, 2.05) is 0 Å². The molecule has 0 spiro atoms. The predicted octanol–water partition coefficient (Wildman–Crippen LogP) is 1.74. The molecule has 1 saturated heterocycles. The smallest absolute Gasteiger partial charge is 0.199 e. The summed E-state index contributed by atoms with van der Waals surface area (Å²) in [6.07, 6.45) is 5.26. The standard InChI is InChI=1S/C12H24N2O2S/c1-10-5-6-12(8-10)13-17(15,16)14-7-3-4-11(2)9-14/h10-13H,3-9H2,1-2H3. The second-order valence-electron chi connectivity index (χ2n) is 5.84. The van der Waals surface area contributed by atoms with Gasteiger partial charge in [-0.25, -0.2) is 0 Å². The summed E-state index contributed by atoms with van der Waals surface area (Å²) >= 11 is 0. The third-order valence-electron chi connectivity index (χ3n) is 3.97. The van der Waals surface area contributed by atoms with Gasteiger partial charge in [-0.3, -0.25) is 0 Å². The molecule has 0 aromatic rings. The van der Waals surface area contributed by atoms with E-state index in [9.17, 15) is 8.42 Å². The molecule has 0 aromatic carbocycles. The van der Waals surface area contributed by atoms with Crippen molar-refractivity contribution in [3.05, 3.63) is 0 Å². The molecule has 5 heteroatoms. The molecule has 0 radical (unpaired) electrons. The van der Waals surface area contributed by atoms with E-state index in [0.717, 1.165) is 32.1 Å². The molecule has 0 amide bonds. The van der Waals surface area contributed by atoms with Crippen LogP contribution in [-0.4, -0.2) is 31.9 Å². The zero-order valence-corrected chi connectivity index (χ0v) is 11.7. The Morgan fingerprint density at radius 1 is 1.12 bits per heavy atom. The van der Waals surface area contributed by atoms with E-state index in [1.54, 1.807) is 4.31 Å². The van der Waals surface area contributed by atoms with E-state index in [4.69, 9.17) is 0 Å². The van der Waals surface area contributed by atoms with Gasteiger partial charge in [-0.2, -0.15) is 17.4 Å². The van der Waals surface area contributed by atoms with Gasteiger partial charge in [0, 0.05) is 19.1 Å². The van der Waals surface area contributed by atoms with Crippen LogP contribution in [0, 0.1) is 11.8 Å². The molecule has 17 heavy (non-hydrogen) atoms. The minimum absolute atomic E-state index is 0.159. The Hall–Kier alpha value is -0.130. The van der Waals surface area contributed by atoms with Gasteiger partial charge in [0.15, 0.2) is 0 Å². The van der Waals surface area contributed by atoms with E-state index >= 15 is 0 Å². The summed E-state index contributed by atoms with van der Waals surface area (Å²) in [6, 6.07) is 0.159. The molecule has 2 fully saturated rings. The summed E-state index contributed by atoms with van der Waals surface area (Å²) < 4.78 is 28.9. The van der Waals surface area contributed by atoms with Crippen molar-refractivity contribution < 1.29 is 8.42 Å². The molecular weight excluding hydrogens is 236 g/mol. The summed E-state index contributed by atoms with van der Waals surface area (Å²) in [6.45, 7) is 5.68. The Balaban J connectivity index is 1.93. The molecule has 2 rings (SSSR count). The van der Waals surface area contributed by atoms with Gasteiger partial charge in [0.05, 0.1) is 0 Å². The van der Waals surface area contributed by atoms with Crippen molar-refractivity contribution in [3.63, 3.8) is 0 Å². The van der Waals surface area contributed by atoms with Gasteiger partial charge in [-0.15, -0.1) is 0 Å². The van der Waals surface area contributed by atoms with Gasteiger partial charge >= 0.3 is 0 Å². The Morgan fingerprint density at radius 3 is 2.47 bits per heavy atom. The fraction of sp³-hybridized carbons (Fsp3) is 1.00. The zero-order valence-electron chi connectivity index (χ0n) is 10.9. The van der Waals surface area contributed by atoms with E-state index in [2.05, 4.69) is 18.6 Å². The maximum atomic E-state index is 12.2. The molecule has 1 aliphatic carbocycles. The van der Waals surface area contributed by atoms with E-state index in [0.29, 0.717) is 24.9 Å². The van der Waals surface area contributed by atoms with E-state index in [1.165, 1.54) is 0 Å². The molecule has 1 heterocycles. The average Bonchev–Trinajstić information content (AvgIpc) is 2.63. The summed E-state index contributed by atoms with van der Waals surface area (Å²) in [4.78, 5) is 0. The summed E-state index contributed by atoms with van der Waals surface area (Å²) in [5.41, 5.74) is 0. The fourth-order valence-electron chi connectivity index (χ4n) is 2.96. The first-order valence-corrected chi connectivity index (χ1v) is 8.19. The first kappa shape index (κ1) is 13.3. The van der Waals surface area contributed by atoms with E-state index in [-0.39, 0.29) is 6.04 Å². The molecule has 1 saturated carbocycles. The molecule has 2 aliphatic rings. The minimum Gasteiger partial charge on any atom is -0.199 e. The number of hydrogen-bond donors (Lipinski definition) is 1. The number of rotatable bonds is 3. The molecule has 100 valence electrons. The largest absolute Gasteiger partial charge is 0.279 e. The van der Waals surface area contributed by atoms with E-state index < -0.39 is 10.2 Å². The van der Waals surface area contributed by atoms with Crippen molar-refractivity contribution in [3.8, 4) is 0 Å². The third kappa shape index (κ3) is 3.42. The van der Waals surface area contributed by atoms with Crippen molar-refractivity contribution in [1.29, 1.82) is 0 Å². The van der Waals surface area contributed by atoms with Gasteiger partial charge in [0.2, 0.25) is 0 Å². The number of hydrogen-bond acceptors (Lipinski definition) is 2. The molecule has 4 nitrogen and oxygen atoms in total. The Kier molecular flexibility index (Phi) is 4.10. The second-order valence-corrected chi connectivity index (χ2v) is 7.55. The highest BCUT2D eigenvalue weighted by atomic mass is 32.2. The zero-order chi connectivity index (χ0) is 12.5. The quantitative estimate of drug-likeness (QED) is 0.840. The molecule has 3 atom stereocenters. The number of nitrogens with zero attached hydrogens (tertiary/aromatic N) is 1. The van der Waals surface area contributed by atoms with Gasteiger partial charge in [0.25, 0.3) is 10.2 Å². The monoisotopic (exact) mass is 260 g/mol. The highest BCUT2D eigenvalue weighted by Crippen LogP contribution is 2.26. The molecule has 0 aromatic heterocycles. The molecule has 3 unspecified atom stereocenters. The summed E-state index contributed by atoms with van der Waals surface area (Å²) in [7, 11) is -3.24. The maximum absolute atomic E-state index is 12.2. The first-order valence-electron chi connectivity index (χ1n) is 6.75. The lowest BCUT2D eigenvalue weighted by atomic mass is 10.0. The van der Waals surface area contributed by atoms with Crippen molar-refractivity contribution >= 4 is 10.2 Å². The van der Waals surface area contributed by atoms with Crippen LogP contribution in [0.1, 0.15) is 46.0 Å². The van der Waals surface area contributed by atoms with Crippen LogP contribution in [0.3, 0.4) is 0 Å². The van der Waals surface area contributed by atoms with Crippen molar-refractivity contribution in [2.45, 2.75) is 52.0 Å². The lowest BCUT2D eigenvalue weighted by molar-refractivity contribution is 0.276. The van der Waals surface area contributed by atoms with Crippen LogP contribution in [0.25, 0.3) is 0 Å². The van der Waals surface area contributed by atoms with Gasteiger partial charge in [0.1, 0.15) is 0 Å². The predicted molar refractivity (Wildman–Crippen MR) is 68.8 cm³/mol. The third-order valence-corrected chi connectivity index (χ3v) is 5.61. The van der Waals surface area contributed by atoms with Crippen molar-refractivity contribution in [2.75, 3.05) is 13.1 Å². The van der Waals surface area contributed by atoms with Crippen LogP contribution in [0.15, 0.2) is 0 Å². The molecule has 1 N–H and O–H groups in total. The normalized spacial score (nSPS) is 36.2. The molecular formula is C12H24N2O2S. The topological polar surface area (TPSA) is 49.4 Å². The van der Waals surface area contributed by atoms with Crippen LogP contribution in [0.4, 0.5) is 0 Å². The van der Waals surface area contributed by atoms with Gasteiger partial charge in [-0.1, -0.05) is 13.8 Å². The lowest BCUT2D eigenvalue weighted by Crippen LogP contribution is -2.48. The minimum atomic E-state index is -3.24. The first-order chi connectivity index (χ1) is 7.97. The van der Waals surface area contributed by atoms with Crippen LogP contribution in [0.2, 0.25) is 0 Å². The Morgan fingerprint density at radius 2 is 1.88 bits per heavy atom. The van der Waals surface area contributed by atoms with Gasteiger partial charge < -0.3 is 0 Å². The fourth-order valence-corrected chi connectivity index (χ4v) is 4.57. The van der Waals surface area contributed by atoms with Crippen LogP contribution < -0.4 is 4.72 Å². The van der Waals surface area contributed by atoms with Crippen LogP contribution >= 0.6 is 0 Å². The van der Waals surface area contributed by atoms with Crippen molar-refractivity contribution in [2.24, 2.45) is 11.8 Å². The van der Waals surface area contributed by atoms with Gasteiger partial charge in [-0.05, 0) is 43.9 Å². The average molecular weight is 260 g/mol. The molecule has 0 bridgehead atoms. The van der Waals surface area contributed by atoms with Crippen LogP contribution in [0.5, 0.6) is 0 Å². The van der Waals surface area contributed by atoms with Crippen molar-refractivity contribution in [1.82, 2.24) is 9.03 Å². The maximum Gasteiger partial charge on any atom is 0.279 e. The second kappa shape index (κ2) is 5.24. The SMILES string of the molecule is CC1CCC(NS(=O)(=O)N2CCCC(C)C2)C1. The lowest BCUT2D eigenvalue weighted by Gasteiger charge is -2.31. The summed E-state index contributed by atoms with van der Waals surface area (Å²) in [5.74, 6) is 1.14. The Bertz CT molecular complexity index is 356. The summed E-state index contributed by atoms with van der Waals surface area (Å²) in [5, 5.41) is 0. The highest BCUT2D eigenvalue weighted by Gasteiger charge is 2.31. The number of nitrogens with one attached hydrogen (secondary N) is 1. The highest BCUT2D eigenvalue weighted by molar-refractivity contribution is 7.87. The Labute approximate surface area is 105 Å². The number of piperidine rings is 1.